The number of carbonyl (C=O) groups is 2. The fourth-order valence-electron chi connectivity index (χ4n) is 1.59. The number of nitrogens with zero attached hydrogens (tertiary/aromatic N) is 1. The summed E-state index contributed by atoms with van der Waals surface area (Å²) in [7, 11) is 0. The van der Waals surface area contributed by atoms with Crippen molar-refractivity contribution in [1.29, 1.82) is 0 Å². The molecule has 80 valence electrons. The van der Waals surface area contributed by atoms with Gasteiger partial charge in [0.05, 0.1) is 5.92 Å². The molecule has 4 heteroatoms. The molecule has 0 unspecified atom stereocenters. The number of carboxylic acid groups (broad SMARTS) is 1. The molecule has 1 N–H and O–H groups in total. The zero-order chi connectivity index (χ0) is 10.6. The summed E-state index contributed by atoms with van der Waals surface area (Å²) in [6.07, 6.45) is 2.98. The minimum Gasteiger partial charge on any atom is -0.481 e. The van der Waals surface area contributed by atoms with Gasteiger partial charge in [0.25, 0.3) is 0 Å². The van der Waals surface area contributed by atoms with E-state index in [-0.39, 0.29) is 5.91 Å². The second kappa shape index (κ2) is 4.98. The van der Waals surface area contributed by atoms with E-state index in [1.54, 1.807) is 6.92 Å². The van der Waals surface area contributed by atoms with E-state index >= 15 is 0 Å². The van der Waals surface area contributed by atoms with Gasteiger partial charge in [0.2, 0.25) is 5.91 Å². The van der Waals surface area contributed by atoms with Crippen molar-refractivity contribution < 1.29 is 14.7 Å². The van der Waals surface area contributed by atoms with Gasteiger partial charge in [0.1, 0.15) is 0 Å². The average Bonchev–Trinajstić information content (AvgIpc) is 2.66. The first-order chi connectivity index (χ1) is 6.61. The molecule has 4 nitrogen and oxygen atoms in total. The molecule has 0 bridgehead atoms. The van der Waals surface area contributed by atoms with Crippen LogP contribution in [0.2, 0.25) is 0 Å². The molecule has 1 aliphatic heterocycles. The zero-order valence-electron chi connectivity index (χ0n) is 8.53. The zero-order valence-corrected chi connectivity index (χ0v) is 8.53. The van der Waals surface area contributed by atoms with Crippen molar-refractivity contribution in [3.8, 4) is 0 Å². The number of rotatable bonds is 4. The maximum Gasteiger partial charge on any atom is 0.306 e. The third kappa shape index (κ3) is 3.01. The summed E-state index contributed by atoms with van der Waals surface area (Å²) in [5.41, 5.74) is 0. The second-order valence-corrected chi connectivity index (χ2v) is 3.87. The molecule has 0 spiro atoms. The van der Waals surface area contributed by atoms with Gasteiger partial charge in [-0.3, -0.25) is 9.59 Å². The predicted molar refractivity (Wildman–Crippen MR) is 51.8 cm³/mol. The molecule has 1 saturated heterocycles. The number of aliphatic carboxylic acids is 1. The highest BCUT2D eigenvalue weighted by Gasteiger charge is 2.19. The molecule has 0 aromatic heterocycles. The van der Waals surface area contributed by atoms with Gasteiger partial charge in [-0.25, -0.2) is 0 Å². The molecule has 0 aromatic carbocycles. The molecule has 1 atom stereocenters. The summed E-state index contributed by atoms with van der Waals surface area (Å²) in [5.74, 6) is -1.13. The van der Waals surface area contributed by atoms with Crippen molar-refractivity contribution in [2.45, 2.75) is 32.6 Å². The molecular weight excluding hydrogens is 182 g/mol. The van der Waals surface area contributed by atoms with Crippen LogP contribution in [-0.2, 0) is 9.59 Å². The Labute approximate surface area is 83.9 Å². The maximum absolute atomic E-state index is 11.5. The van der Waals surface area contributed by atoms with Crippen LogP contribution in [0.1, 0.15) is 32.6 Å². The Hall–Kier alpha value is -1.06. The molecule has 14 heavy (non-hydrogen) atoms. The summed E-state index contributed by atoms with van der Waals surface area (Å²) in [4.78, 5) is 23.8. The number of likely N-dealkylation sites (tertiary alicyclic amines) is 1. The van der Waals surface area contributed by atoms with Crippen LogP contribution in [0, 0.1) is 5.92 Å². The normalized spacial score (nSPS) is 18.2. The van der Waals surface area contributed by atoms with Gasteiger partial charge in [-0.05, 0) is 19.3 Å². The van der Waals surface area contributed by atoms with E-state index in [1.165, 1.54) is 0 Å². The quantitative estimate of drug-likeness (QED) is 0.737. The molecule has 1 heterocycles. The first kappa shape index (κ1) is 11.0. The van der Waals surface area contributed by atoms with Gasteiger partial charge in [0.15, 0.2) is 0 Å². The highest BCUT2D eigenvalue weighted by atomic mass is 16.4. The molecule has 1 rings (SSSR count). The fraction of sp³-hybridized carbons (Fsp3) is 0.800. The van der Waals surface area contributed by atoms with E-state index in [9.17, 15) is 9.59 Å². The van der Waals surface area contributed by atoms with E-state index in [2.05, 4.69) is 0 Å². The van der Waals surface area contributed by atoms with E-state index in [1.807, 2.05) is 4.90 Å². The number of amides is 1. The Morgan fingerprint density at radius 1 is 1.36 bits per heavy atom. The lowest BCUT2D eigenvalue weighted by atomic mass is 10.1. The van der Waals surface area contributed by atoms with E-state index in [0.29, 0.717) is 12.8 Å². The summed E-state index contributed by atoms with van der Waals surface area (Å²) >= 11 is 0. The van der Waals surface area contributed by atoms with Crippen molar-refractivity contribution >= 4 is 11.9 Å². The average molecular weight is 199 g/mol. The molecular formula is C10H17NO3. The van der Waals surface area contributed by atoms with Crippen LogP contribution in [0.5, 0.6) is 0 Å². The van der Waals surface area contributed by atoms with E-state index in [0.717, 1.165) is 25.9 Å². The van der Waals surface area contributed by atoms with Gasteiger partial charge in [-0.15, -0.1) is 0 Å². The Morgan fingerprint density at radius 2 is 1.93 bits per heavy atom. The first-order valence-electron chi connectivity index (χ1n) is 5.12. The smallest absolute Gasteiger partial charge is 0.306 e. The van der Waals surface area contributed by atoms with E-state index < -0.39 is 11.9 Å². The summed E-state index contributed by atoms with van der Waals surface area (Å²) in [6, 6.07) is 0. The third-order valence-electron chi connectivity index (χ3n) is 2.67. The molecule has 0 aliphatic carbocycles. The van der Waals surface area contributed by atoms with Crippen molar-refractivity contribution in [2.75, 3.05) is 13.1 Å². The Kier molecular flexibility index (Phi) is 3.92. The highest BCUT2D eigenvalue weighted by molar-refractivity contribution is 5.77. The molecule has 0 aromatic rings. The highest BCUT2D eigenvalue weighted by Crippen LogP contribution is 2.12. The Morgan fingerprint density at radius 3 is 2.43 bits per heavy atom. The standard InChI is InChI=1S/C10H17NO3/c1-8(10(13)14)4-5-9(12)11-6-2-3-7-11/h8H,2-7H2,1H3,(H,13,14)/t8-/m1/s1. The number of carbonyl (C=O) groups excluding carboxylic acids is 1. The van der Waals surface area contributed by atoms with Crippen molar-refractivity contribution in [1.82, 2.24) is 4.90 Å². The Bertz CT molecular complexity index is 221. The van der Waals surface area contributed by atoms with Crippen LogP contribution >= 0.6 is 0 Å². The number of hydrogen-bond donors (Lipinski definition) is 1. The first-order valence-corrected chi connectivity index (χ1v) is 5.12. The van der Waals surface area contributed by atoms with Crippen molar-refractivity contribution in [3.05, 3.63) is 0 Å². The number of hydrogen-bond acceptors (Lipinski definition) is 2. The Balaban J connectivity index is 2.23. The van der Waals surface area contributed by atoms with Crippen molar-refractivity contribution in [3.63, 3.8) is 0 Å². The van der Waals surface area contributed by atoms with Crippen LogP contribution < -0.4 is 0 Å². The second-order valence-electron chi connectivity index (χ2n) is 3.87. The van der Waals surface area contributed by atoms with Gasteiger partial charge >= 0.3 is 5.97 Å². The lowest BCUT2D eigenvalue weighted by Gasteiger charge is -2.15. The van der Waals surface area contributed by atoms with Gasteiger partial charge in [-0.2, -0.15) is 0 Å². The summed E-state index contributed by atoms with van der Waals surface area (Å²) < 4.78 is 0. The third-order valence-corrected chi connectivity index (χ3v) is 2.67. The molecule has 1 fully saturated rings. The lowest BCUT2D eigenvalue weighted by molar-refractivity contribution is -0.141. The molecule has 0 radical (unpaired) electrons. The largest absolute Gasteiger partial charge is 0.481 e. The van der Waals surface area contributed by atoms with Gasteiger partial charge < -0.3 is 10.0 Å². The fourth-order valence-corrected chi connectivity index (χ4v) is 1.59. The van der Waals surface area contributed by atoms with Crippen LogP contribution in [0.3, 0.4) is 0 Å². The lowest BCUT2D eigenvalue weighted by Crippen LogP contribution is -2.28. The molecule has 1 amide bonds. The summed E-state index contributed by atoms with van der Waals surface area (Å²) in [5, 5.41) is 8.64. The van der Waals surface area contributed by atoms with Crippen LogP contribution in [0.25, 0.3) is 0 Å². The minimum atomic E-state index is -0.820. The van der Waals surface area contributed by atoms with Crippen molar-refractivity contribution in [2.24, 2.45) is 5.92 Å². The predicted octanol–water partition coefficient (Wildman–Crippen LogP) is 1.11. The molecule has 0 saturated carbocycles. The summed E-state index contributed by atoms with van der Waals surface area (Å²) in [6.45, 7) is 3.33. The van der Waals surface area contributed by atoms with Gasteiger partial charge in [-0.1, -0.05) is 6.92 Å². The maximum atomic E-state index is 11.5. The SMILES string of the molecule is C[C@H](CCC(=O)N1CCCC1)C(=O)O. The monoisotopic (exact) mass is 199 g/mol. The van der Waals surface area contributed by atoms with Gasteiger partial charge in [0, 0.05) is 19.5 Å². The van der Waals surface area contributed by atoms with Crippen LogP contribution in [0.4, 0.5) is 0 Å². The van der Waals surface area contributed by atoms with Crippen LogP contribution in [0.15, 0.2) is 0 Å². The topological polar surface area (TPSA) is 57.6 Å². The minimum absolute atomic E-state index is 0.107. The van der Waals surface area contributed by atoms with E-state index in [4.69, 9.17) is 5.11 Å². The number of carboxylic acids is 1. The molecule has 1 aliphatic rings. The van der Waals surface area contributed by atoms with Crippen LogP contribution in [-0.4, -0.2) is 35.0 Å².